The van der Waals surface area contributed by atoms with Crippen LogP contribution >= 0.6 is 0 Å². The van der Waals surface area contributed by atoms with E-state index in [4.69, 9.17) is 0 Å². The zero-order valence-electron chi connectivity index (χ0n) is 12.6. The lowest BCUT2D eigenvalue weighted by Crippen LogP contribution is -2.42. The summed E-state index contributed by atoms with van der Waals surface area (Å²) < 4.78 is 0. The Hall–Kier alpha value is -1.35. The third kappa shape index (κ3) is 3.21. The highest BCUT2D eigenvalue weighted by Crippen LogP contribution is 2.31. The van der Waals surface area contributed by atoms with Gasteiger partial charge in [0.05, 0.1) is 5.92 Å². The summed E-state index contributed by atoms with van der Waals surface area (Å²) in [5.74, 6) is 0.356. The summed E-state index contributed by atoms with van der Waals surface area (Å²) in [5.41, 5.74) is 1.39. The Bertz CT molecular complexity index is 420. The van der Waals surface area contributed by atoms with Gasteiger partial charge in [-0.3, -0.25) is 4.79 Å². The predicted octanol–water partition coefficient (Wildman–Crippen LogP) is 2.47. The molecule has 1 amide bonds. The van der Waals surface area contributed by atoms with Crippen LogP contribution in [0.3, 0.4) is 0 Å². The van der Waals surface area contributed by atoms with Crippen LogP contribution in [0.25, 0.3) is 0 Å². The average Bonchev–Trinajstić information content (AvgIpc) is 3.04. The molecule has 1 aromatic carbocycles. The Morgan fingerprint density at radius 3 is 2.55 bits per heavy atom. The molecule has 0 radical (unpaired) electrons. The molecule has 0 spiro atoms. The van der Waals surface area contributed by atoms with Crippen molar-refractivity contribution in [2.24, 2.45) is 5.92 Å². The summed E-state index contributed by atoms with van der Waals surface area (Å²) in [6, 6.07) is 10.6. The van der Waals surface area contributed by atoms with Gasteiger partial charge in [0.15, 0.2) is 0 Å². The normalized spacial score (nSPS) is 19.0. The van der Waals surface area contributed by atoms with Gasteiger partial charge in [0.2, 0.25) is 5.91 Å². The quantitative estimate of drug-likeness (QED) is 0.836. The fourth-order valence-electron chi connectivity index (χ4n) is 3.08. The Balaban J connectivity index is 2.04. The lowest BCUT2D eigenvalue weighted by atomic mass is 9.75. The molecule has 2 rings (SSSR count). The maximum absolute atomic E-state index is 12.2. The van der Waals surface area contributed by atoms with Gasteiger partial charge in [-0.05, 0) is 31.4 Å². The SMILES string of the molecule is CCC(CC)(CNC(=O)C1CCNC1)c1ccccc1. The minimum absolute atomic E-state index is 0.0585. The van der Waals surface area contributed by atoms with Crippen molar-refractivity contribution >= 4 is 5.91 Å². The van der Waals surface area contributed by atoms with Crippen LogP contribution < -0.4 is 10.6 Å². The summed E-state index contributed by atoms with van der Waals surface area (Å²) in [4.78, 5) is 12.2. The summed E-state index contributed by atoms with van der Waals surface area (Å²) >= 11 is 0. The molecule has 20 heavy (non-hydrogen) atoms. The van der Waals surface area contributed by atoms with Crippen LogP contribution in [0, 0.1) is 5.92 Å². The van der Waals surface area contributed by atoms with Crippen LogP contribution in [0.4, 0.5) is 0 Å². The molecule has 3 heteroatoms. The van der Waals surface area contributed by atoms with Crippen LogP contribution in [0.15, 0.2) is 30.3 Å². The smallest absolute Gasteiger partial charge is 0.224 e. The molecule has 2 N–H and O–H groups in total. The maximum atomic E-state index is 12.2. The number of hydrogen-bond acceptors (Lipinski definition) is 2. The Morgan fingerprint density at radius 2 is 2.00 bits per heavy atom. The number of hydrogen-bond donors (Lipinski definition) is 2. The van der Waals surface area contributed by atoms with Crippen LogP contribution in [-0.4, -0.2) is 25.5 Å². The van der Waals surface area contributed by atoms with Gasteiger partial charge in [-0.15, -0.1) is 0 Å². The fourth-order valence-corrected chi connectivity index (χ4v) is 3.08. The lowest BCUT2D eigenvalue weighted by Gasteiger charge is -2.33. The molecule has 1 unspecified atom stereocenters. The largest absolute Gasteiger partial charge is 0.355 e. The first kappa shape index (κ1) is 15.0. The molecule has 0 aromatic heterocycles. The van der Waals surface area contributed by atoms with E-state index in [0.29, 0.717) is 0 Å². The second-order valence-electron chi connectivity index (χ2n) is 5.76. The number of carbonyl (C=O) groups is 1. The van der Waals surface area contributed by atoms with Gasteiger partial charge in [-0.1, -0.05) is 44.2 Å². The molecule has 3 nitrogen and oxygen atoms in total. The van der Waals surface area contributed by atoms with Crippen molar-refractivity contribution in [3.63, 3.8) is 0 Å². The molecule has 1 atom stereocenters. The predicted molar refractivity (Wildman–Crippen MR) is 82.7 cm³/mol. The van der Waals surface area contributed by atoms with Crippen LogP contribution in [0.5, 0.6) is 0 Å². The highest BCUT2D eigenvalue weighted by atomic mass is 16.1. The van der Waals surface area contributed by atoms with E-state index < -0.39 is 0 Å². The average molecular weight is 274 g/mol. The molecule has 0 aliphatic carbocycles. The number of amides is 1. The van der Waals surface area contributed by atoms with Crippen molar-refractivity contribution in [3.8, 4) is 0 Å². The van der Waals surface area contributed by atoms with Crippen LogP contribution in [-0.2, 0) is 10.2 Å². The summed E-state index contributed by atoms with van der Waals surface area (Å²) in [6.45, 7) is 6.94. The third-order valence-corrected chi connectivity index (χ3v) is 4.77. The molecule has 0 saturated carbocycles. The Labute approximate surface area is 122 Å². The molecule has 1 aliphatic rings. The number of benzene rings is 1. The number of nitrogens with one attached hydrogen (secondary N) is 2. The summed E-state index contributed by atoms with van der Waals surface area (Å²) in [7, 11) is 0. The first-order chi connectivity index (χ1) is 9.72. The molecule has 0 bridgehead atoms. The molecule has 1 heterocycles. The highest BCUT2D eigenvalue weighted by molar-refractivity contribution is 5.79. The summed E-state index contributed by atoms with van der Waals surface area (Å²) in [6.07, 6.45) is 3.04. The van der Waals surface area contributed by atoms with Crippen molar-refractivity contribution in [3.05, 3.63) is 35.9 Å². The second-order valence-corrected chi connectivity index (χ2v) is 5.76. The molecule has 1 saturated heterocycles. The van der Waals surface area contributed by atoms with Gasteiger partial charge in [0, 0.05) is 18.5 Å². The first-order valence-corrected chi connectivity index (χ1v) is 7.76. The van der Waals surface area contributed by atoms with Crippen molar-refractivity contribution in [1.82, 2.24) is 10.6 Å². The lowest BCUT2D eigenvalue weighted by molar-refractivity contribution is -0.124. The van der Waals surface area contributed by atoms with E-state index in [1.54, 1.807) is 0 Å². The van der Waals surface area contributed by atoms with E-state index in [-0.39, 0.29) is 17.2 Å². The third-order valence-electron chi connectivity index (χ3n) is 4.77. The van der Waals surface area contributed by atoms with Crippen LogP contribution in [0.1, 0.15) is 38.7 Å². The second kappa shape index (κ2) is 6.89. The zero-order chi connectivity index (χ0) is 14.4. The van der Waals surface area contributed by atoms with E-state index in [0.717, 1.165) is 38.9 Å². The van der Waals surface area contributed by atoms with E-state index in [1.807, 2.05) is 6.07 Å². The highest BCUT2D eigenvalue weighted by Gasteiger charge is 2.30. The van der Waals surface area contributed by atoms with E-state index in [1.165, 1.54) is 5.56 Å². The summed E-state index contributed by atoms with van der Waals surface area (Å²) in [5, 5.41) is 6.44. The van der Waals surface area contributed by atoms with Gasteiger partial charge >= 0.3 is 0 Å². The fraction of sp³-hybridized carbons (Fsp3) is 0.588. The Kier molecular flexibility index (Phi) is 5.18. The molecule has 1 aromatic rings. The number of carbonyl (C=O) groups excluding carboxylic acids is 1. The van der Waals surface area contributed by atoms with Crippen LogP contribution in [0.2, 0.25) is 0 Å². The minimum atomic E-state index is 0.0585. The van der Waals surface area contributed by atoms with Gasteiger partial charge < -0.3 is 10.6 Å². The standard InChI is InChI=1S/C17H26N2O/c1-3-17(4-2,15-8-6-5-7-9-15)13-19-16(20)14-10-11-18-12-14/h5-9,14,18H,3-4,10-13H2,1-2H3,(H,19,20). The van der Waals surface area contributed by atoms with E-state index in [9.17, 15) is 4.79 Å². The van der Waals surface area contributed by atoms with E-state index in [2.05, 4.69) is 48.7 Å². The molecular formula is C17H26N2O. The number of rotatable bonds is 6. The topological polar surface area (TPSA) is 41.1 Å². The molecule has 1 fully saturated rings. The van der Waals surface area contributed by atoms with Crippen molar-refractivity contribution < 1.29 is 4.79 Å². The maximum Gasteiger partial charge on any atom is 0.224 e. The van der Waals surface area contributed by atoms with Gasteiger partial charge in [-0.25, -0.2) is 0 Å². The minimum Gasteiger partial charge on any atom is -0.355 e. The first-order valence-electron chi connectivity index (χ1n) is 7.76. The zero-order valence-corrected chi connectivity index (χ0v) is 12.6. The van der Waals surface area contributed by atoms with Crippen molar-refractivity contribution in [1.29, 1.82) is 0 Å². The van der Waals surface area contributed by atoms with Crippen molar-refractivity contribution in [2.75, 3.05) is 19.6 Å². The van der Waals surface area contributed by atoms with Gasteiger partial charge in [0.1, 0.15) is 0 Å². The molecule has 1 aliphatic heterocycles. The Morgan fingerprint density at radius 1 is 1.30 bits per heavy atom. The molecular weight excluding hydrogens is 248 g/mol. The van der Waals surface area contributed by atoms with Gasteiger partial charge in [0.25, 0.3) is 0 Å². The van der Waals surface area contributed by atoms with Gasteiger partial charge in [-0.2, -0.15) is 0 Å². The van der Waals surface area contributed by atoms with E-state index >= 15 is 0 Å². The monoisotopic (exact) mass is 274 g/mol. The van der Waals surface area contributed by atoms with Crippen molar-refractivity contribution in [2.45, 2.75) is 38.5 Å². The molecule has 110 valence electrons.